The molecule has 1 aromatic rings. The molecule has 2 N–H and O–H groups in total. The second-order valence-corrected chi connectivity index (χ2v) is 6.57. The first-order valence-corrected chi connectivity index (χ1v) is 7.38. The minimum Gasteiger partial charge on any atom is -0.434 e. The molecule has 0 spiro atoms. The fourth-order valence-electron chi connectivity index (χ4n) is 2.59. The minimum atomic E-state index is -3.00. The summed E-state index contributed by atoms with van der Waals surface area (Å²) in [7, 11) is 0. The number of nitrogens with zero attached hydrogens (tertiary/aromatic N) is 1. The first kappa shape index (κ1) is 19.9. The molecule has 130 valence electrons. The molecule has 2 rings (SSSR count). The van der Waals surface area contributed by atoms with Gasteiger partial charge in [-0.05, 0) is 30.0 Å². The van der Waals surface area contributed by atoms with Gasteiger partial charge < -0.3 is 15.4 Å². The summed E-state index contributed by atoms with van der Waals surface area (Å²) < 4.78 is 29.4. The number of halogens is 4. The summed E-state index contributed by atoms with van der Waals surface area (Å²) in [6, 6.07) is 4.03. The van der Waals surface area contributed by atoms with Crippen LogP contribution in [0, 0.1) is 5.41 Å². The van der Waals surface area contributed by atoms with Gasteiger partial charge in [0.05, 0.1) is 5.56 Å². The molecule has 0 bridgehead atoms. The number of carbonyl (C=O) groups excluding carboxylic acids is 1. The average Bonchev–Trinajstić information content (AvgIpc) is 2.42. The molecular formula is C15H20Cl2F2N2O2. The molecule has 1 aromatic carbocycles. The summed E-state index contributed by atoms with van der Waals surface area (Å²) in [5.74, 6) is -0.546. The number of alkyl halides is 2. The second kappa shape index (κ2) is 7.64. The van der Waals surface area contributed by atoms with Gasteiger partial charge in [0.1, 0.15) is 5.75 Å². The molecule has 1 fully saturated rings. The van der Waals surface area contributed by atoms with Gasteiger partial charge in [0, 0.05) is 24.2 Å². The summed E-state index contributed by atoms with van der Waals surface area (Å²) in [6.45, 7) is 1.88. The SMILES string of the molecule is CC1(C)CN(C(=O)c2cc(Cl)ccc2OC(F)F)CCC1N.Cl. The van der Waals surface area contributed by atoms with E-state index in [0.29, 0.717) is 19.5 Å². The van der Waals surface area contributed by atoms with Gasteiger partial charge in [-0.2, -0.15) is 8.78 Å². The van der Waals surface area contributed by atoms with Crippen molar-refractivity contribution in [3.63, 3.8) is 0 Å². The van der Waals surface area contributed by atoms with Gasteiger partial charge in [-0.25, -0.2) is 0 Å². The Balaban J connectivity index is 0.00000264. The number of ether oxygens (including phenoxy) is 1. The monoisotopic (exact) mass is 368 g/mol. The van der Waals surface area contributed by atoms with E-state index in [1.807, 2.05) is 13.8 Å². The molecule has 0 aromatic heterocycles. The van der Waals surface area contributed by atoms with Crippen molar-refractivity contribution in [2.45, 2.75) is 32.9 Å². The van der Waals surface area contributed by atoms with Crippen molar-refractivity contribution in [2.24, 2.45) is 11.1 Å². The van der Waals surface area contributed by atoms with Crippen LogP contribution in [-0.2, 0) is 0 Å². The van der Waals surface area contributed by atoms with Gasteiger partial charge in [-0.3, -0.25) is 4.79 Å². The third-order valence-corrected chi connectivity index (χ3v) is 4.22. The fraction of sp³-hybridized carbons (Fsp3) is 0.533. The molecule has 0 radical (unpaired) electrons. The Hall–Kier alpha value is -1.11. The van der Waals surface area contributed by atoms with Crippen LogP contribution in [0.2, 0.25) is 5.02 Å². The van der Waals surface area contributed by atoms with Crippen LogP contribution >= 0.6 is 24.0 Å². The Labute approximate surface area is 145 Å². The van der Waals surface area contributed by atoms with E-state index >= 15 is 0 Å². The molecular weight excluding hydrogens is 349 g/mol. The van der Waals surface area contributed by atoms with Crippen molar-refractivity contribution >= 4 is 29.9 Å². The number of hydrogen-bond acceptors (Lipinski definition) is 3. The zero-order chi connectivity index (χ0) is 16.5. The molecule has 1 aliphatic rings. The first-order valence-electron chi connectivity index (χ1n) is 7.00. The Morgan fingerprint density at radius 1 is 1.48 bits per heavy atom. The van der Waals surface area contributed by atoms with E-state index in [2.05, 4.69) is 4.74 Å². The molecule has 1 heterocycles. The topological polar surface area (TPSA) is 55.6 Å². The lowest BCUT2D eigenvalue weighted by Crippen LogP contribution is -2.54. The van der Waals surface area contributed by atoms with Crippen molar-refractivity contribution in [1.29, 1.82) is 0 Å². The lowest BCUT2D eigenvalue weighted by Gasteiger charge is -2.42. The number of carbonyl (C=O) groups is 1. The van der Waals surface area contributed by atoms with Crippen LogP contribution in [0.25, 0.3) is 0 Å². The number of amides is 1. The van der Waals surface area contributed by atoms with Crippen LogP contribution in [0.5, 0.6) is 5.75 Å². The van der Waals surface area contributed by atoms with Gasteiger partial charge in [-0.1, -0.05) is 25.4 Å². The largest absolute Gasteiger partial charge is 0.434 e. The second-order valence-electron chi connectivity index (χ2n) is 6.13. The zero-order valence-corrected chi connectivity index (χ0v) is 14.5. The predicted octanol–water partition coefficient (Wildman–Crippen LogP) is 3.56. The predicted molar refractivity (Wildman–Crippen MR) is 87.6 cm³/mol. The normalized spacial score (nSPS) is 20.1. The Kier molecular flexibility index (Phi) is 6.62. The molecule has 23 heavy (non-hydrogen) atoms. The Morgan fingerprint density at radius 2 is 2.13 bits per heavy atom. The number of likely N-dealkylation sites (tertiary alicyclic amines) is 1. The summed E-state index contributed by atoms with van der Waals surface area (Å²) in [6.07, 6.45) is 0.657. The third kappa shape index (κ3) is 4.68. The van der Waals surface area contributed by atoms with Crippen LogP contribution in [0.1, 0.15) is 30.6 Å². The highest BCUT2D eigenvalue weighted by molar-refractivity contribution is 6.31. The molecule has 4 nitrogen and oxygen atoms in total. The highest BCUT2D eigenvalue weighted by Gasteiger charge is 2.36. The number of rotatable bonds is 3. The van der Waals surface area contributed by atoms with Gasteiger partial charge in [0.15, 0.2) is 0 Å². The van der Waals surface area contributed by atoms with E-state index in [0.717, 1.165) is 0 Å². The van der Waals surface area contributed by atoms with E-state index < -0.39 is 6.61 Å². The standard InChI is InChI=1S/C15H19ClF2N2O2.ClH/c1-15(2)8-20(6-5-12(15)19)13(21)10-7-9(16)3-4-11(10)22-14(17)18;/h3-4,7,12,14H,5-6,8,19H2,1-2H3;1H. The molecule has 1 unspecified atom stereocenters. The molecule has 1 atom stereocenters. The number of benzene rings is 1. The van der Waals surface area contributed by atoms with Crippen molar-refractivity contribution < 1.29 is 18.3 Å². The van der Waals surface area contributed by atoms with Gasteiger partial charge in [0.25, 0.3) is 5.91 Å². The van der Waals surface area contributed by atoms with Gasteiger partial charge in [-0.15, -0.1) is 12.4 Å². The smallest absolute Gasteiger partial charge is 0.387 e. The molecule has 0 aliphatic carbocycles. The van der Waals surface area contributed by atoms with Crippen LogP contribution < -0.4 is 10.5 Å². The Morgan fingerprint density at radius 3 is 2.70 bits per heavy atom. The maximum Gasteiger partial charge on any atom is 0.387 e. The van der Waals surface area contributed by atoms with Crippen molar-refractivity contribution in [3.05, 3.63) is 28.8 Å². The van der Waals surface area contributed by atoms with E-state index in [1.54, 1.807) is 4.90 Å². The number of piperidine rings is 1. The van der Waals surface area contributed by atoms with Crippen molar-refractivity contribution in [3.8, 4) is 5.75 Å². The van der Waals surface area contributed by atoms with Crippen LogP contribution in [-0.4, -0.2) is 36.5 Å². The summed E-state index contributed by atoms with van der Waals surface area (Å²) >= 11 is 5.88. The first-order chi connectivity index (χ1) is 10.2. The Bertz CT molecular complexity index is 570. The molecule has 1 saturated heterocycles. The van der Waals surface area contributed by atoms with Crippen molar-refractivity contribution in [2.75, 3.05) is 13.1 Å². The highest BCUT2D eigenvalue weighted by atomic mass is 35.5. The van der Waals surface area contributed by atoms with Gasteiger partial charge >= 0.3 is 6.61 Å². The summed E-state index contributed by atoms with van der Waals surface area (Å²) in [5, 5.41) is 0.290. The third-order valence-electron chi connectivity index (χ3n) is 3.99. The van der Waals surface area contributed by atoms with Crippen molar-refractivity contribution in [1.82, 2.24) is 4.90 Å². The van der Waals surface area contributed by atoms with Gasteiger partial charge in [0.2, 0.25) is 0 Å². The minimum absolute atomic E-state index is 0. The number of hydrogen-bond donors (Lipinski definition) is 1. The molecule has 1 amide bonds. The molecule has 0 saturated carbocycles. The average molecular weight is 369 g/mol. The zero-order valence-electron chi connectivity index (χ0n) is 12.9. The number of nitrogens with two attached hydrogens (primary N) is 1. The lowest BCUT2D eigenvalue weighted by molar-refractivity contribution is -0.0503. The maximum absolute atomic E-state index is 12.7. The van der Waals surface area contributed by atoms with Crippen LogP contribution in [0.3, 0.4) is 0 Å². The van der Waals surface area contributed by atoms with Crippen LogP contribution in [0.15, 0.2) is 18.2 Å². The lowest BCUT2D eigenvalue weighted by atomic mass is 9.79. The van der Waals surface area contributed by atoms with E-state index in [-0.39, 0.29) is 46.1 Å². The van der Waals surface area contributed by atoms with E-state index in [1.165, 1.54) is 18.2 Å². The molecule has 1 aliphatic heterocycles. The highest BCUT2D eigenvalue weighted by Crippen LogP contribution is 2.31. The quantitative estimate of drug-likeness (QED) is 0.887. The van der Waals surface area contributed by atoms with E-state index in [9.17, 15) is 13.6 Å². The maximum atomic E-state index is 12.7. The summed E-state index contributed by atoms with van der Waals surface area (Å²) in [5.41, 5.74) is 5.85. The van der Waals surface area contributed by atoms with E-state index in [4.69, 9.17) is 17.3 Å². The van der Waals surface area contributed by atoms with Crippen LogP contribution in [0.4, 0.5) is 8.78 Å². The molecule has 8 heteroatoms. The fourth-order valence-corrected chi connectivity index (χ4v) is 2.76. The summed E-state index contributed by atoms with van der Waals surface area (Å²) in [4.78, 5) is 14.3.